The van der Waals surface area contributed by atoms with Crippen LogP contribution in [0.15, 0.2) is 36.7 Å². The molecule has 2 saturated heterocycles. The summed E-state index contributed by atoms with van der Waals surface area (Å²) in [7, 11) is 0. The molecule has 1 aromatic heterocycles. The van der Waals surface area contributed by atoms with Crippen molar-refractivity contribution in [2.24, 2.45) is 0 Å². The Balaban J connectivity index is 1.60. The van der Waals surface area contributed by atoms with Gasteiger partial charge in [0.25, 0.3) is 0 Å². The van der Waals surface area contributed by atoms with Gasteiger partial charge in [0, 0.05) is 37.2 Å². The number of carboxylic acids is 1. The number of hydrogen-bond donors (Lipinski definition) is 1. The molecule has 3 heterocycles. The van der Waals surface area contributed by atoms with Crippen LogP contribution in [0.4, 0.5) is 0 Å². The van der Waals surface area contributed by atoms with E-state index in [2.05, 4.69) is 16.7 Å². The molecule has 2 fully saturated rings. The molecule has 0 unspecified atom stereocenters. The van der Waals surface area contributed by atoms with Gasteiger partial charge in [0.2, 0.25) is 0 Å². The highest BCUT2D eigenvalue weighted by Crippen LogP contribution is 2.36. The molecular formula is C20H25N3O3. The molecule has 0 spiro atoms. The Morgan fingerprint density at radius 3 is 2.62 bits per heavy atom. The molecule has 138 valence electrons. The van der Waals surface area contributed by atoms with Gasteiger partial charge < -0.3 is 14.4 Å². The zero-order valence-corrected chi connectivity index (χ0v) is 14.9. The molecule has 2 aromatic rings. The maximum absolute atomic E-state index is 10.9. The lowest BCUT2D eigenvalue weighted by Gasteiger charge is -2.33. The number of benzene rings is 1. The second-order valence-corrected chi connectivity index (χ2v) is 7.21. The summed E-state index contributed by atoms with van der Waals surface area (Å²) in [5.74, 6) is -0.369. The largest absolute Gasteiger partial charge is 0.480 e. The van der Waals surface area contributed by atoms with Gasteiger partial charge in [-0.2, -0.15) is 0 Å². The highest BCUT2D eigenvalue weighted by Gasteiger charge is 2.30. The Kier molecular flexibility index (Phi) is 5.04. The lowest BCUT2D eigenvalue weighted by Crippen LogP contribution is -2.38. The van der Waals surface area contributed by atoms with Crippen LogP contribution in [0.2, 0.25) is 0 Å². The molecule has 26 heavy (non-hydrogen) atoms. The van der Waals surface area contributed by atoms with Crippen LogP contribution in [0.5, 0.6) is 0 Å². The van der Waals surface area contributed by atoms with Crippen molar-refractivity contribution in [3.05, 3.63) is 42.4 Å². The van der Waals surface area contributed by atoms with E-state index in [1.54, 1.807) is 0 Å². The maximum atomic E-state index is 10.9. The van der Waals surface area contributed by atoms with Crippen molar-refractivity contribution in [3.8, 4) is 11.3 Å². The average molecular weight is 355 g/mol. The summed E-state index contributed by atoms with van der Waals surface area (Å²) in [5.41, 5.74) is 3.50. The Bertz CT molecular complexity index is 745. The molecule has 4 rings (SSSR count). The van der Waals surface area contributed by atoms with Crippen molar-refractivity contribution in [1.29, 1.82) is 0 Å². The van der Waals surface area contributed by atoms with E-state index in [4.69, 9.17) is 14.8 Å². The van der Waals surface area contributed by atoms with Crippen molar-refractivity contribution in [2.75, 3.05) is 32.8 Å². The van der Waals surface area contributed by atoms with E-state index in [-0.39, 0.29) is 6.54 Å². The van der Waals surface area contributed by atoms with E-state index in [0.29, 0.717) is 12.0 Å². The summed E-state index contributed by atoms with van der Waals surface area (Å²) in [6.07, 6.45) is 4.92. The Hall–Kier alpha value is -2.18. The molecule has 1 aromatic carbocycles. The van der Waals surface area contributed by atoms with Gasteiger partial charge in [0.15, 0.2) is 0 Å². The van der Waals surface area contributed by atoms with E-state index < -0.39 is 5.97 Å². The third-order valence-electron chi connectivity index (χ3n) is 5.50. The molecule has 6 heteroatoms. The fraction of sp³-hybridized carbons (Fsp3) is 0.500. The smallest absolute Gasteiger partial charge is 0.317 e. The van der Waals surface area contributed by atoms with Crippen molar-refractivity contribution in [1.82, 2.24) is 14.5 Å². The number of nitrogens with zero attached hydrogens (tertiary/aromatic N) is 3. The predicted octanol–water partition coefficient (Wildman–Crippen LogP) is 2.78. The van der Waals surface area contributed by atoms with Gasteiger partial charge in [-0.15, -0.1) is 0 Å². The first-order valence-corrected chi connectivity index (χ1v) is 9.36. The molecule has 0 amide bonds. The summed E-state index contributed by atoms with van der Waals surface area (Å²) in [6, 6.07) is 10.7. The van der Waals surface area contributed by atoms with Crippen LogP contribution in [0, 0.1) is 0 Å². The van der Waals surface area contributed by atoms with Gasteiger partial charge in [-0.05, 0) is 19.3 Å². The van der Waals surface area contributed by atoms with Crippen molar-refractivity contribution in [2.45, 2.75) is 31.2 Å². The average Bonchev–Trinajstić information content (AvgIpc) is 3.32. The predicted molar refractivity (Wildman–Crippen MR) is 98.2 cm³/mol. The van der Waals surface area contributed by atoms with Crippen LogP contribution in [0.25, 0.3) is 11.3 Å². The number of piperidine rings is 1. The maximum Gasteiger partial charge on any atom is 0.317 e. The molecular weight excluding hydrogens is 330 g/mol. The normalized spacial score (nSPS) is 21.9. The van der Waals surface area contributed by atoms with Crippen LogP contribution in [-0.4, -0.2) is 58.4 Å². The second kappa shape index (κ2) is 7.60. The number of hydrogen-bond acceptors (Lipinski definition) is 4. The minimum absolute atomic E-state index is 0.134. The van der Waals surface area contributed by atoms with E-state index in [1.807, 2.05) is 29.4 Å². The van der Waals surface area contributed by atoms with E-state index in [0.717, 1.165) is 56.8 Å². The Morgan fingerprint density at radius 2 is 1.96 bits per heavy atom. The fourth-order valence-electron chi connectivity index (χ4n) is 4.18. The minimum atomic E-state index is -0.749. The number of carboxylic acid groups (broad SMARTS) is 1. The number of rotatable bonds is 5. The minimum Gasteiger partial charge on any atom is -0.480 e. The van der Waals surface area contributed by atoms with Gasteiger partial charge >= 0.3 is 5.97 Å². The summed E-state index contributed by atoms with van der Waals surface area (Å²) in [6.45, 7) is 3.33. The molecule has 1 N–H and O–H groups in total. The number of carbonyl (C=O) groups is 1. The van der Waals surface area contributed by atoms with Crippen LogP contribution < -0.4 is 0 Å². The first-order chi connectivity index (χ1) is 12.7. The van der Waals surface area contributed by atoms with Gasteiger partial charge in [0.05, 0.1) is 30.9 Å². The third-order valence-corrected chi connectivity index (χ3v) is 5.50. The molecule has 0 aliphatic carbocycles. The lowest BCUT2D eigenvalue weighted by molar-refractivity contribution is -0.138. The zero-order chi connectivity index (χ0) is 17.9. The number of imidazole rings is 1. The third kappa shape index (κ3) is 3.52. The number of aliphatic carboxylic acids is 1. The number of aromatic nitrogens is 2. The van der Waals surface area contributed by atoms with E-state index in [1.165, 1.54) is 5.69 Å². The SMILES string of the molecule is O=C(O)CN1CCC(n2cnc(-c3ccccc3)c2[C@H]2CCOC2)CC1. The highest BCUT2D eigenvalue weighted by molar-refractivity contribution is 5.69. The van der Waals surface area contributed by atoms with Gasteiger partial charge in [-0.3, -0.25) is 9.69 Å². The molecule has 0 radical (unpaired) electrons. The summed E-state index contributed by atoms with van der Waals surface area (Å²) >= 11 is 0. The van der Waals surface area contributed by atoms with Crippen molar-refractivity contribution >= 4 is 5.97 Å². The molecule has 2 aliphatic rings. The summed E-state index contributed by atoms with van der Waals surface area (Å²) in [4.78, 5) is 17.7. The van der Waals surface area contributed by atoms with Crippen LogP contribution in [-0.2, 0) is 9.53 Å². The second-order valence-electron chi connectivity index (χ2n) is 7.21. The van der Waals surface area contributed by atoms with E-state index >= 15 is 0 Å². The summed E-state index contributed by atoms with van der Waals surface area (Å²) < 4.78 is 8.01. The first-order valence-electron chi connectivity index (χ1n) is 9.36. The number of likely N-dealkylation sites (tertiary alicyclic amines) is 1. The fourth-order valence-corrected chi connectivity index (χ4v) is 4.18. The zero-order valence-electron chi connectivity index (χ0n) is 14.9. The molecule has 0 saturated carbocycles. The number of ether oxygens (including phenoxy) is 1. The van der Waals surface area contributed by atoms with Gasteiger partial charge in [0.1, 0.15) is 0 Å². The van der Waals surface area contributed by atoms with E-state index in [9.17, 15) is 4.79 Å². The highest BCUT2D eigenvalue weighted by atomic mass is 16.5. The Morgan fingerprint density at radius 1 is 1.19 bits per heavy atom. The van der Waals surface area contributed by atoms with Crippen LogP contribution in [0.3, 0.4) is 0 Å². The standard InChI is InChI=1S/C20H25N3O3/c24-18(25)12-22-9-6-17(7-10-22)23-14-21-19(15-4-2-1-3-5-15)20(23)16-8-11-26-13-16/h1-5,14,16-17H,6-13H2,(H,24,25)/t16-/m0/s1. The Labute approximate surface area is 153 Å². The van der Waals surface area contributed by atoms with Gasteiger partial charge in [-0.1, -0.05) is 30.3 Å². The lowest BCUT2D eigenvalue weighted by atomic mass is 9.97. The molecule has 1 atom stereocenters. The van der Waals surface area contributed by atoms with Crippen LogP contribution >= 0.6 is 0 Å². The topological polar surface area (TPSA) is 67.6 Å². The van der Waals surface area contributed by atoms with Gasteiger partial charge in [-0.25, -0.2) is 4.98 Å². The molecule has 6 nitrogen and oxygen atoms in total. The van der Waals surface area contributed by atoms with Crippen molar-refractivity contribution < 1.29 is 14.6 Å². The monoisotopic (exact) mass is 355 g/mol. The molecule has 2 aliphatic heterocycles. The summed E-state index contributed by atoms with van der Waals surface area (Å²) in [5, 5.41) is 8.99. The quantitative estimate of drug-likeness (QED) is 0.893. The molecule has 0 bridgehead atoms. The van der Waals surface area contributed by atoms with Crippen molar-refractivity contribution in [3.63, 3.8) is 0 Å². The van der Waals surface area contributed by atoms with Crippen LogP contribution in [0.1, 0.15) is 36.9 Å². The first kappa shape index (κ1) is 17.2.